The zero-order chi connectivity index (χ0) is 23.9. The van der Waals surface area contributed by atoms with Gasteiger partial charge >= 0.3 is 11.5 Å². The van der Waals surface area contributed by atoms with Crippen LogP contribution in [0, 0.1) is 0 Å². The summed E-state index contributed by atoms with van der Waals surface area (Å²) < 4.78 is 37.9. The number of hydrogen-bond donors (Lipinski definition) is 1. The van der Waals surface area contributed by atoms with E-state index >= 15 is 0 Å². The van der Waals surface area contributed by atoms with Gasteiger partial charge in [-0.3, -0.25) is 9.78 Å². The van der Waals surface area contributed by atoms with Crippen LogP contribution in [0.15, 0.2) is 78.0 Å². The predicted octanol–water partition coefficient (Wildman–Crippen LogP) is 5.94. The number of benzene rings is 2. The van der Waals surface area contributed by atoms with Crippen molar-refractivity contribution in [2.75, 3.05) is 10.2 Å². The molecule has 2 aliphatic rings. The quantitative estimate of drug-likeness (QED) is 0.347. The van der Waals surface area contributed by atoms with Crippen LogP contribution in [0.2, 0.25) is 0 Å². The highest BCUT2D eigenvalue weighted by molar-refractivity contribution is 8.00. The van der Waals surface area contributed by atoms with Gasteiger partial charge in [-0.2, -0.15) is 13.2 Å². The van der Waals surface area contributed by atoms with Gasteiger partial charge in [-0.25, -0.2) is 9.69 Å². The van der Waals surface area contributed by atoms with Crippen molar-refractivity contribution in [3.63, 3.8) is 0 Å². The lowest BCUT2D eigenvalue weighted by Crippen LogP contribution is -2.36. The molecule has 1 saturated carbocycles. The number of alkyl halides is 3. The number of amides is 3. The zero-order valence-electron chi connectivity index (χ0n) is 17.7. The molecule has 2 heterocycles. The molecule has 3 amide bonds. The van der Waals surface area contributed by atoms with Gasteiger partial charge in [-0.05, 0) is 72.6 Å². The van der Waals surface area contributed by atoms with Crippen molar-refractivity contribution in [3.8, 4) is 0 Å². The predicted molar refractivity (Wildman–Crippen MR) is 123 cm³/mol. The summed E-state index contributed by atoms with van der Waals surface area (Å²) in [7, 11) is 0. The monoisotopic (exact) mass is 484 g/mol. The minimum absolute atomic E-state index is 0.0123. The zero-order valence-corrected chi connectivity index (χ0v) is 18.6. The van der Waals surface area contributed by atoms with Crippen molar-refractivity contribution in [3.05, 3.63) is 78.6 Å². The standard InChI is InChI=1S/C24H19F3N4O2S/c25-24(26,27)34-19-8-6-18(7-9-19)31-21(32)23(11-12-23)30(22(31)33)15-16-10-13-28-14-20(16)29-17-4-2-1-3-5-17/h1-10,13-14,29H,11-12,15H2. The first-order valence-electron chi connectivity index (χ1n) is 10.5. The minimum atomic E-state index is -4.41. The van der Waals surface area contributed by atoms with Crippen molar-refractivity contribution >= 4 is 40.8 Å². The molecule has 0 atom stereocenters. The molecular formula is C24H19F3N4O2S. The number of nitrogens with one attached hydrogen (secondary N) is 1. The molecule has 10 heteroatoms. The third-order valence-corrected chi connectivity index (χ3v) is 6.62. The molecule has 0 radical (unpaired) electrons. The molecule has 1 aliphatic heterocycles. The normalized spacial score (nSPS) is 16.9. The van der Waals surface area contributed by atoms with Gasteiger partial charge < -0.3 is 10.2 Å². The number of urea groups is 1. The molecule has 1 aliphatic carbocycles. The van der Waals surface area contributed by atoms with E-state index in [-0.39, 0.29) is 34.8 Å². The first-order valence-corrected chi connectivity index (χ1v) is 11.4. The molecule has 1 N–H and O–H groups in total. The Balaban J connectivity index is 1.39. The maximum Gasteiger partial charge on any atom is 0.446 e. The molecule has 1 saturated heterocycles. The lowest BCUT2D eigenvalue weighted by molar-refractivity contribution is -0.120. The topological polar surface area (TPSA) is 65.5 Å². The lowest BCUT2D eigenvalue weighted by atomic mass is 10.1. The van der Waals surface area contributed by atoms with Crippen LogP contribution in [0.3, 0.4) is 0 Å². The molecular weight excluding hydrogens is 465 g/mol. The first-order chi connectivity index (χ1) is 16.3. The molecule has 5 rings (SSSR count). The van der Waals surface area contributed by atoms with E-state index < -0.39 is 17.1 Å². The second kappa shape index (κ2) is 8.35. The van der Waals surface area contributed by atoms with Crippen LogP contribution in [0.5, 0.6) is 0 Å². The third kappa shape index (κ3) is 4.21. The van der Waals surface area contributed by atoms with Crippen LogP contribution in [0.1, 0.15) is 18.4 Å². The van der Waals surface area contributed by atoms with Crippen molar-refractivity contribution in [1.82, 2.24) is 9.88 Å². The van der Waals surface area contributed by atoms with E-state index in [4.69, 9.17) is 0 Å². The number of para-hydroxylation sites is 1. The number of carbonyl (C=O) groups is 2. The molecule has 2 aromatic carbocycles. The fraction of sp³-hybridized carbons (Fsp3) is 0.208. The van der Waals surface area contributed by atoms with Crippen LogP contribution in [-0.4, -0.2) is 32.9 Å². The Labute approximate surface area is 197 Å². The number of halogens is 3. The summed E-state index contributed by atoms with van der Waals surface area (Å²) in [6.07, 6.45) is 4.38. The Morgan fingerprint density at radius 1 is 1.00 bits per heavy atom. The van der Waals surface area contributed by atoms with Gasteiger partial charge in [0.05, 0.1) is 24.1 Å². The number of imide groups is 1. The van der Waals surface area contributed by atoms with Crippen molar-refractivity contribution in [2.24, 2.45) is 0 Å². The summed E-state index contributed by atoms with van der Waals surface area (Å²) in [5.74, 6) is -0.347. The number of nitrogens with zero attached hydrogens (tertiary/aromatic N) is 3. The Morgan fingerprint density at radius 2 is 1.71 bits per heavy atom. The van der Waals surface area contributed by atoms with Crippen LogP contribution in [0.25, 0.3) is 0 Å². The molecule has 34 heavy (non-hydrogen) atoms. The van der Waals surface area contributed by atoms with Gasteiger partial charge in [0, 0.05) is 16.8 Å². The highest BCUT2D eigenvalue weighted by atomic mass is 32.2. The van der Waals surface area contributed by atoms with Gasteiger partial charge in [0.25, 0.3) is 5.91 Å². The SMILES string of the molecule is O=C1N(c2ccc(SC(F)(F)F)cc2)C(=O)C2(CC2)N1Cc1ccncc1Nc1ccccc1. The number of carbonyl (C=O) groups excluding carboxylic acids is 2. The van der Waals surface area contributed by atoms with Crippen molar-refractivity contribution < 1.29 is 22.8 Å². The average molecular weight is 485 g/mol. The minimum Gasteiger partial charge on any atom is -0.354 e. The van der Waals surface area contributed by atoms with E-state index in [1.165, 1.54) is 24.3 Å². The number of anilines is 3. The first kappa shape index (κ1) is 22.3. The van der Waals surface area contributed by atoms with E-state index in [0.29, 0.717) is 12.8 Å². The number of hydrogen-bond acceptors (Lipinski definition) is 5. The summed E-state index contributed by atoms with van der Waals surface area (Å²) in [6, 6.07) is 16.1. The summed E-state index contributed by atoms with van der Waals surface area (Å²) in [6.45, 7) is 0.195. The van der Waals surface area contributed by atoms with E-state index in [2.05, 4.69) is 10.3 Å². The van der Waals surface area contributed by atoms with Gasteiger partial charge in [-0.15, -0.1) is 0 Å². The molecule has 0 unspecified atom stereocenters. The highest BCUT2D eigenvalue weighted by Gasteiger charge is 2.65. The van der Waals surface area contributed by atoms with Crippen LogP contribution < -0.4 is 10.2 Å². The smallest absolute Gasteiger partial charge is 0.354 e. The molecule has 0 bridgehead atoms. The average Bonchev–Trinajstić information content (AvgIpc) is 3.58. The summed E-state index contributed by atoms with van der Waals surface area (Å²) >= 11 is -0.241. The Kier molecular flexibility index (Phi) is 5.47. The van der Waals surface area contributed by atoms with Gasteiger partial charge in [0.2, 0.25) is 0 Å². The fourth-order valence-electron chi connectivity index (χ4n) is 4.08. The summed E-state index contributed by atoms with van der Waals surface area (Å²) in [5, 5.41) is 3.29. The maximum absolute atomic E-state index is 13.4. The lowest BCUT2D eigenvalue weighted by Gasteiger charge is -2.23. The second-order valence-electron chi connectivity index (χ2n) is 8.11. The molecule has 2 fully saturated rings. The second-order valence-corrected chi connectivity index (χ2v) is 9.24. The van der Waals surface area contributed by atoms with E-state index in [1.807, 2.05) is 30.3 Å². The molecule has 3 aromatic rings. The number of pyridine rings is 1. The van der Waals surface area contributed by atoms with Crippen LogP contribution in [0.4, 0.5) is 35.0 Å². The summed E-state index contributed by atoms with van der Waals surface area (Å²) in [5.41, 5.74) is -2.69. The number of aromatic nitrogens is 1. The van der Waals surface area contributed by atoms with E-state index in [1.54, 1.807) is 23.4 Å². The highest BCUT2D eigenvalue weighted by Crippen LogP contribution is 2.50. The van der Waals surface area contributed by atoms with E-state index in [9.17, 15) is 22.8 Å². The van der Waals surface area contributed by atoms with Crippen molar-refractivity contribution in [1.29, 1.82) is 0 Å². The van der Waals surface area contributed by atoms with Gasteiger partial charge in [0.1, 0.15) is 5.54 Å². The Hall–Kier alpha value is -3.53. The summed E-state index contributed by atoms with van der Waals surface area (Å²) in [4.78, 5) is 33.4. The number of rotatable bonds is 6. The van der Waals surface area contributed by atoms with E-state index in [0.717, 1.165) is 21.8 Å². The fourth-order valence-corrected chi connectivity index (χ4v) is 4.62. The Bertz CT molecular complexity index is 1230. The van der Waals surface area contributed by atoms with Crippen LogP contribution in [-0.2, 0) is 11.3 Å². The molecule has 1 spiro atoms. The molecule has 174 valence electrons. The Morgan fingerprint density at radius 3 is 2.35 bits per heavy atom. The third-order valence-electron chi connectivity index (χ3n) is 5.88. The van der Waals surface area contributed by atoms with Gasteiger partial charge in [-0.1, -0.05) is 18.2 Å². The number of thioether (sulfide) groups is 1. The molecule has 1 aromatic heterocycles. The van der Waals surface area contributed by atoms with Crippen LogP contribution >= 0.6 is 11.8 Å². The largest absolute Gasteiger partial charge is 0.446 e. The maximum atomic E-state index is 13.4. The molecule has 6 nitrogen and oxygen atoms in total. The van der Waals surface area contributed by atoms with Gasteiger partial charge in [0.15, 0.2) is 0 Å². The van der Waals surface area contributed by atoms with Crippen molar-refractivity contribution in [2.45, 2.75) is 35.3 Å².